The number of ether oxygens (including phenoxy) is 1. The molecule has 2 aromatic carbocycles. The number of aromatic hydroxyl groups is 1. The quantitative estimate of drug-likeness (QED) is 0.440. The standard InChI is InChI=1S/C19H20BrN3O4/c1-2-27-16-11-13(10-15(20)18(16)25)12-22-23-17(24)8-9-21-19(26)14-6-4-3-5-7-14/h3-7,10-12,25H,2,8-9H2,1H3,(H,21,26)(H,23,24)/b22-12-. The third-order valence-electron chi connectivity index (χ3n) is 3.43. The molecule has 3 N–H and O–H groups in total. The highest BCUT2D eigenvalue weighted by Crippen LogP contribution is 2.34. The van der Waals surface area contributed by atoms with E-state index in [1.54, 1.807) is 36.4 Å². The van der Waals surface area contributed by atoms with Crippen LogP contribution < -0.4 is 15.5 Å². The molecular weight excluding hydrogens is 414 g/mol. The lowest BCUT2D eigenvalue weighted by Gasteiger charge is -2.08. The van der Waals surface area contributed by atoms with Crippen molar-refractivity contribution in [1.29, 1.82) is 0 Å². The van der Waals surface area contributed by atoms with Gasteiger partial charge in [-0.3, -0.25) is 9.59 Å². The Morgan fingerprint density at radius 3 is 2.70 bits per heavy atom. The smallest absolute Gasteiger partial charge is 0.251 e. The number of phenolic OH excluding ortho intramolecular Hbond substituents is 1. The molecule has 0 bridgehead atoms. The van der Waals surface area contributed by atoms with Gasteiger partial charge in [0.25, 0.3) is 5.91 Å². The van der Waals surface area contributed by atoms with Crippen molar-refractivity contribution in [3.8, 4) is 11.5 Å². The van der Waals surface area contributed by atoms with E-state index in [1.165, 1.54) is 6.21 Å². The van der Waals surface area contributed by atoms with Crippen molar-refractivity contribution in [2.45, 2.75) is 13.3 Å². The minimum Gasteiger partial charge on any atom is -0.503 e. The molecule has 27 heavy (non-hydrogen) atoms. The highest BCUT2D eigenvalue weighted by atomic mass is 79.9. The van der Waals surface area contributed by atoms with Gasteiger partial charge in [-0.15, -0.1) is 0 Å². The third-order valence-corrected chi connectivity index (χ3v) is 4.03. The van der Waals surface area contributed by atoms with Crippen molar-refractivity contribution in [3.05, 3.63) is 58.1 Å². The second-order valence-electron chi connectivity index (χ2n) is 5.45. The number of carbonyl (C=O) groups excluding carboxylic acids is 2. The number of nitrogens with zero attached hydrogens (tertiary/aromatic N) is 1. The van der Waals surface area contributed by atoms with Crippen molar-refractivity contribution in [1.82, 2.24) is 10.7 Å². The number of rotatable bonds is 8. The summed E-state index contributed by atoms with van der Waals surface area (Å²) in [5, 5.41) is 16.4. The Labute approximate surface area is 165 Å². The molecule has 0 spiro atoms. The SMILES string of the molecule is CCOc1cc(/C=N\NC(=O)CCNC(=O)c2ccccc2)cc(Br)c1O. The Morgan fingerprint density at radius 1 is 1.26 bits per heavy atom. The molecule has 0 radical (unpaired) electrons. The number of carbonyl (C=O) groups is 2. The second-order valence-corrected chi connectivity index (χ2v) is 6.30. The zero-order chi connectivity index (χ0) is 19.6. The summed E-state index contributed by atoms with van der Waals surface area (Å²) in [6, 6.07) is 12.0. The Morgan fingerprint density at radius 2 is 2.00 bits per heavy atom. The van der Waals surface area contributed by atoms with Gasteiger partial charge in [0.15, 0.2) is 11.5 Å². The summed E-state index contributed by atoms with van der Waals surface area (Å²) in [5.74, 6) is -0.234. The van der Waals surface area contributed by atoms with E-state index in [9.17, 15) is 14.7 Å². The minimum absolute atomic E-state index is 0.00666. The maximum atomic E-state index is 11.9. The first-order valence-electron chi connectivity index (χ1n) is 8.31. The number of hydrogen-bond donors (Lipinski definition) is 3. The Kier molecular flexibility index (Phi) is 7.81. The highest BCUT2D eigenvalue weighted by molar-refractivity contribution is 9.10. The fraction of sp³-hybridized carbons (Fsp3) is 0.211. The van der Waals surface area contributed by atoms with Crippen LogP contribution in [-0.4, -0.2) is 36.3 Å². The molecule has 0 aliphatic rings. The molecular formula is C19H20BrN3O4. The molecule has 0 unspecified atom stereocenters. The molecule has 142 valence electrons. The highest BCUT2D eigenvalue weighted by Gasteiger charge is 2.09. The van der Waals surface area contributed by atoms with Crippen molar-refractivity contribution in [2.24, 2.45) is 5.10 Å². The third kappa shape index (κ3) is 6.41. The molecule has 7 nitrogen and oxygen atoms in total. The summed E-state index contributed by atoms with van der Waals surface area (Å²) in [5.41, 5.74) is 3.57. The van der Waals surface area contributed by atoms with E-state index in [1.807, 2.05) is 13.0 Å². The molecule has 0 fully saturated rings. The van der Waals surface area contributed by atoms with Gasteiger partial charge in [0.2, 0.25) is 5.91 Å². The molecule has 0 saturated carbocycles. The summed E-state index contributed by atoms with van der Waals surface area (Å²) in [6.07, 6.45) is 1.53. The molecule has 0 atom stereocenters. The van der Waals surface area contributed by atoms with Gasteiger partial charge in [0.1, 0.15) is 0 Å². The molecule has 0 saturated heterocycles. The fourth-order valence-corrected chi connectivity index (χ4v) is 2.61. The first kappa shape index (κ1) is 20.4. The number of nitrogens with one attached hydrogen (secondary N) is 2. The van der Waals surface area contributed by atoms with Gasteiger partial charge in [-0.2, -0.15) is 5.10 Å². The normalized spacial score (nSPS) is 10.6. The summed E-state index contributed by atoms with van der Waals surface area (Å²) in [6.45, 7) is 2.42. The average molecular weight is 434 g/mol. The molecule has 0 aromatic heterocycles. The van der Waals surface area contributed by atoms with Crippen LogP contribution in [0.3, 0.4) is 0 Å². The van der Waals surface area contributed by atoms with E-state index >= 15 is 0 Å². The maximum Gasteiger partial charge on any atom is 0.251 e. The van der Waals surface area contributed by atoms with Crippen LogP contribution in [0.2, 0.25) is 0 Å². The molecule has 0 aliphatic carbocycles. The number of halogens is 1. The van der Waals surface area contributed by atoms with Crippen molar-refractivity contribution in [2.75, 3.05) is 13.2 Å². The van der Waals surface area contributed by atoms with Gasteiger partial charge in [0.05, 0.1) is 17.3 Å². The lowest BCUT2D eigenvalue weighted by Crippen LogP contribution is -2.28. The van der Waals surface area contributed by atoms with E-state index in [0.717, 1.165) is 0 Å². The number of hydrogen-bond acceptors (Lipinski definition) is 5. The first-order chi connectivity index (χ1) is 13.0. The zero-order valence-corrected chi connectivity index (χ0v) is 16.3. The summed E-state index contributed by atoms with van der Waals surface area (Å²) in [7, 11) is 0. The molecule has 8 heteroatoms. The molecule has 2 amide bonds. The minimum atomic E-state index is -0.331. The van der Waals surface area contributed by atoms with E-state index in [-0.39, 0.29) is 30.5 Å². The molecule has 0 aliphatic heterocycles. The predicted molar refractivity (Wildman–Crippen MR) is 106 cm³/mol. The van der Waals surface area contributed by atoms with Crippen LogP contribution in [0.15, 0.2) is 52.0 Å². The van der Waals surface area contributed by atoms with Gasteiger partial charge in [0, 0.05) is 18.5 Å². The van der Waals surface area contributed by atoms with Crippen LogP contribution in [-0.2, 0) is 4.79 Å². The Balaban J connectivity index is 1.80. The monoisotopic (exact) mass is 433 g/mol. The van der Waals surface area contributed by atoms with Gasteiger partial charge in [-0.05, 0) is 52.7 Å². The van der Waals surface area contributed by atoms with Crippen LogP contribution in [0.1, 0.15) is 29.3 Å². The predicted octanol–water partition coefficient (Wildman–Crippen LogP) is 2.82. The summed E-state index contributed by atoms with van der Waals surface area (Å²) >= 11 is 3.24. The summed E-state index contributed by atoms with van der Waals surface area (Å²) in [4.78, 5) is 23.7. The topological polar surface area (TPSA) is 100 Å². The molecule has 2 rings (SSSR count). The van der Waals surface area contributed by atoms with Crippen LogP contribution in [0.25, 0.3) is 0 Å². The second kappa shape index (κ2) is 10.3. The van der Waals surface area contributed by atoms with Crippen LogP contribution in [0, 0.1) is 0 Å². The van der Waals surface area contributed by atoms with Crippen molar-refractivity contribution in [3.63, 3.8) is 0 Å². The van der Waals surface area contributed by atoms with Crippen LogP contribution >= 0.6 is 15.9 Å². The van der Waals surface area contributed by atoms with E-state index in [2.05, 4.69) is 31.8 Å². The average Bonchev–Trinajstić information content (AvgIpc) is 2.66. The van der Waals surface area contributed by atoms with Crippen molar-refractivity contribution < 1.29 is 19.4 Å². The number of hydrazone groups is 1. The Hall–Kier alpha value is -2.87. The lowest BCUT2D eigenvalue weighted by atomic mass is 10.2. The van der Waals surface area contributed by atoms with Gasteiger partial charge < -0.3 is 15.2 Å². The number of benzene rings is 2. The number of amides is 2. The van der Waals surface area contributed by atoms with E-state index < -0.39 is 0 Å². The number of phenols is 1. The van der Waals surface area contributed by atoms with E-state index in [0.29, 0.717) is 28.0 Å². The van der Waals surface area contributed by atoms with Crippen LogP contribution in [0.5, 0.6) is 11.5 Å². The van der Waals surface area contributed by atoms with Gasteiger partial charge in [-0.25, -0.2) is 5.43 Å². The van der Waals surface area contributed by atoms with E-state index in [4.69, 9.17) is 4.74 Å². The summed E-state index contributed by atoms with van der Waals surface area (Å²) < 4.78 is 5.79. The zero-order valence-electron chi connectivity index (χ0n) is 14.7. The first-order valence-corrected chi connectivity index (χ1v) is 9.11. The fourth-order valence-electron chi connectivity index (χ4n) is 2.15. The van der Waals surface area contributed by atoms with Gasteiger partial charge in [-0.1, -0.05) is 18.2 Å². The molecule has 2 aromatic rings. The van der Waals surface area contributed by atoms with Crippen LogP contribution in [0.4, 0.5) is 0 Å². The van der Waals surface area contributed by atoms with Gasteiger partial charge >= 0.3 is 0 Å². The largest absolute Gasteiger partial charge is 0.503 e. The Bertz CT molecular complexity index is 825. The molecule has 0 heterocycles. The maximum absolute atomic E-state index is 11.9. The van der Waals surface area contributed by atoms with Crippen molar-refractivity contribution >= 4 is 34.0 Å². The lowest BCUT2D eigenvalue weighted by molar-refractivity contribution is -0.120.